The normalized spacial score (nSPS) is 19.4. The summed E-state index contributed by atoms with van der Waals surface area (Å²) in [4.78, 5) is 4.40. The van der Waals surface area contributed by atoms with Crippen molar-refractivity contribution in [3.8, 4) is 0 Å². The van der Waals surface area contributed by atoms with E-state index in [2.05, 4.69) is 9.55 Å². The van der Waals surface area contributed by atoms with Crippen LogP contribution in [0.2, 0.25) is 5.02 Å². The molecule has 2 nitrogen and oxygen atoms in total. The summed E-state index contributed by atoms with van der Waals surface area (Å²) in [6.45, 7) is 0.866. The molecule has 6 heteroatoms. The van der Waals surface area contributed by atoms with Crippen molar-refractivity contribution < 1.29 is 4.39 Å². The smallest absolute Gasteiger partial charge is 0.144 e. The van der Waals surface area contributed by atoms with E-state index in [0.717, 1.165) is 17.9 Å². The molecule has 102 valence electrons. The Bertz CT molecular complexity index is 608. The highest BCUT2D eigenvalue weighted by Crippen LogP contribution is 2.30. The van der Waals surface area contributed by atoms with Gasteiger partial charge >= 0.3 is 0 Å². The SMILES string of the molecule is Fc1cc2nc(CCl)n(CC3CCCS3)c2cc1Cl. The summed E-state index contributed by atoms with van der Waals surface area (Å²) in [5, 5.41) is 0.719. The van der Waals surface area contributed by atoms with E-state index < -0.39 is 5.82 Å². The van der Waals surface area contributed by atoms with Gasteiger partial charge in [0, 0.05) is 17.9 Å². The molecule has 1 aliphatic rings. The van der Waals surface area contributed by atoms with Crippen LogP contribution in [-0.4, -0.2) is 20.6 Å². The first-order chi connectivity index (χ1) is 9.19. The average Bonchev–Trinajstić information content (AvgIpc) is 3.00. The second-order valence-corrected chi connectivity index (χ2v) is 6.75. The zero-order valence-electron chi connectivity index (χ0n) is 10.2. The van der Waals surface area contributed by atoms with Gasteiger partial charge in [-0.05, 0) is 24.7 Å². The van der Waals surface area contributed by atoms with Gasteiger partial charge in [0.05, 0.1) is 21.9 Å². The van der Waals surface area contributed by atoms with Crippen LogP contribution in [0.15, 0.2) is 12.1 Å². The summed E-state index contributed by atoms with van der Waals surface area (Å²) in [5.74, 6) is 1.88. The molecule has 3 rings (SSSR count). The van der Waals surface area contributed by atoms with Crippen LogP contribution < -0.4 is 0 Å². The number of hydrogen-bond acceptors (Lipinski definition) is 2. The standard InChI is InChI=1S/C13H13Cl2FN2S/c14-6-13-17-11-5-10(16)9(15)4-12(11)18(13)7-8-2-1-3-19-8/h4-5,8H,1-3,6-7H2. The van der Waals surface area contributed by atoms with Crippen LogP contribution >= 0.6 is 35.0 Å². The van der Waals surface area contributed by atoms with Gasteiger partial charge in [0.1, 0.15) is 11.6 Å². The summed E-state index contributed by atoms with van der Waals surface area (Å²) in [6, 6.07) is 3.03. The van der Waals surface area contributed by atoms with Crippen LogP contribution in [0.1, 0.15) is 18.7 Å². The minimum atomic E-state index is -0.435. The van der Waals surface area contributed by atoms with Crippen molar-refractivity contribution in [3.63, 3.8) is 0 Å². The summed E-state index contributed by atoms with van der Waals surface area (Å²) < 4.78 is 15.6. The molecule has 19 heavy (non-hydrogen) atoms. The Morgan fingerprint density at radius 1 is 1.47 bits per heavy atom. The number of hydrogen-bond donors (Lipinski definition) is 0. The Hall–Kier alpha value is -0.450. The third-order valence-corrected chi connectivity index (χ3v) is 5.31. The monoisotopic (exact) mass is 318 g/mol. The van der Waals surface area contributed by atoms with E-state index in [1.807, 2.05) is 11.8 Å². The highest BCUT2D eigenvalue weighted by atomic mass is 35.5. The first-order valence-corrected chi connectivity index (χ1v) is 8.17. The Balaban J connectivity index is 2.06. The van der Waals surface area contributed by atoms with Crippen LogP contribution in [-0.2, 0) is 12.4 Å². The predicted octanol–water partition coefficient (Wildman–Crippen LogP) is 4.46. The van der Waals surface area contributed by atoms with E-state index in [0.29, 0.717) is 16.6 Å². The average molecular weight is 319 g/mol. The van der Waals surface area contributed by atoms with Crippen molar-refractivity contribution in [2.45, 2.75) is 30.5 Å². The first kappa shape index (κ1) is 13.5. The maximum absolute atomic E-state index is 13.5. The lowest BCUT2D eigenvalue weighted by molar-refractivity contribution is 0.627. The fraction of sp³-hybridized carbons (Fsp3) is 0.462. The Morgan fingerprint density at radius 2 is 2.32 bits per heavy atom. The van der Waals surface area contributed by atoms with Gasteiger partial charge < -0.3 is 4.57 Å². The van der Waals surface area contributed by atoms with Gasteiger partial charge in [-0.15, -0.1) is 11.6 Å². The fourth-order valence-electron chi connectivity index (χ4n) is 2.47. The minimum absolute atomic E-state index is 0.133. The molecular formula is C13H13Cl2FN2S. The Kier molecular flexibility index (Phi) is 3.92. The maximum Gasteiger partial charge on any atom is 0.144 e. The van der Waals surface area contributed by atoms with E-state index in [9.17, 15) is 4.39 Å². The molecule has 1 fully saturated rings. The van der Waals surface area contributed by atoms with Gasteiger partial charge in [0.15, 0.2) is 0 Å². The van der Waals surface area contributed by atoms with E-state index in [1.165, 1.54) is 24.7 Å². The van der Waals surface area contributed by atoms with E-state index in [4.69, 9.17) is 23.2 Å². The summed E-state index contributed by atoms with van der Waals surface area (Å²) >= 11 is 13.8. The second kappa shape index (κ2) is 5.51. The quantitative estimate of drug-likeness (QED) is 0.777. The number of imidazole rings is 1. The van der Waals surface area contributed by atoms with Crippen molar-refractivity contribution >= 4 is 46.0 Å². The molecule has 1 aliphatic heterocycles. The van der Waals surface area contributed by atoms with Crippen molar-refractivity contribution in [2.24, 2.45) is 0 Å². The van der Waals surface area contributed by atoms with Crippen molar-refractivity contribution in [1.29, 1.82) is 0 Å². The molecule has 2 heterocycles. The van der Waals surface area contributed by atoms with Gasteiger partial charge in [-0.3, -0.25) is 0 Å². The van der Waals surface area contributed by atoms with Gasteiger partial charge in [-0.2, -0.15) is 11.8 Å². The van der Waals surface area contributed by atoms with Crippen LogP contribution in [0, 0.1) is 5.82 Å². The van der Waals surface area contributed by atoms with Gasteiger partial charge in [-0.25, -0.2) is 9.37 Å². The maximum atomic E-state index is 13.5. The molecule has 0 N–H and O–H groups in total. The molecule has 0 amide bonds. The first-order valence-electron chi connectivity index (χ1n) is 6.21. The van der Waals surface area contributed by atoms with Crippen LogP contribution in [0.3, 0.4) is 0 Å². The van der Waals surface area contributed by atoms with E-state index in [1.54, 1.807) is 6.07 Å². The second-order valence-electron chi connectivity index (χ2n) is 4.66. The molecule has 1 aromatic carbocycles. The number of fused-ring (bicyclic) bond motifs is 1. The lowest BCUT2D eigenvalue weighted by atomic mass is 10.2. The largest absolute Gasteiger partial charge is 0.326 e. The highest BCUT2D eigenvalue weighted by molar-refractivity contribution is 8.00. The molecule has 0 aliphatic carbocycles. The van der Waals surface area contributed by atoms with Gasteiger partial charge in [0.2, 0.25) is 0 Å². The number of benzene rings is 1. The molecule has 0 spiro atoms. The predicted molar refractivity (Wildman–Crippen MR) is 79.7 cm³/mol. The number of alkyl halides is 1. The lowest BCUT2D eigenvalue weighted by Gasteiger charge is -2.12. The van der Waals surface area contributed by atoms with E-state index >= 15 is 0 Å². The van der Waals surface area contributed by atoms with Gasteiger partial charge in [0.25, 0.3) is 0 Å². The third kappa shape index (κ3) is 2.58. The summed E-state index contributed by atoms with van der Waals surface area (Å²) in [5.41, 5.74) is 1.50. The molecule has 1 aromatic heterocycles. The molecule has 0 saturated carbocycles. The minimum Gasteiger partial charge on any atom is -0.326 e. The van der Waals surface area contributed by atoms with Crippen LogP contribution in [0.4, 0.5) is 4.39 Å². The zero-order chi connectivity index (χ0) is 13.4. The number of thioether (sulfide) groups is 1. The van der Waals surface area contributed by atoms with Crippen molar-refractivity contribution in [2.75, 3.05) is 5.75 Å². The summed E-state index contributed by atoms with van der Waals surface area (Å²) in [6.07, 6.45) is 2.47. The molecule has 1 atom stereocenters. The molecule has 0 radical (unpaired) electrons. The zero-order valence-corrected chi connectivity index (χ0v) is 12.5. The number of nitrogens with zero attached hydrogens (tertiary/aromatic N) is 2. The molecule has 0 bridgehead atoms. The fourth-order valence-corrected chi connectivity index (χ4v) is 4.08. The van der Waals surface area contributed by atoms with Crippen molar-refractivity contribution in [1.82, 2.24) is 9.55 Å². The van der Waals surface area contributed by atoms with E-state index in [-0.39, 0.29) is 5.02 Å². The third-order valence-electron chi connectivity index (χ3n) is 3.40. The Labute approximate surface area is 125 Å². The molecule has 2 aromatic rings. The Morgan fingerprint density at radius 3 is 3.00 bits per heavy atom. The lowest BCUT2D eigenvalue weighted by Crippen LogP contribution is -2.12. The van der Waals surface area contributed by atoms with Crippen LogP contribution in [0.25, 0.3) is 11.0 Å². The number of aromatic nitrogens is 2. The topological polar surface area (TPSA) is 17.8 Å². The molecular weight excluding hydrogens is 306 g/mol. The summed E-state index contributed by atoms with van der Waals surface area (Å²) in [7, 11) is 0. The van der Waals surface area contributed by atoms with Crippen molar-refractivity contribution in [3.05, 3.63) is 28.8 Å². The molecule has 1 unspecified atom stereocenters. The van der Waals surface area contributed by atoms with Crippen LogP contribution in [0.5, 0.6) is 0 Å². The number of halogens is 3. The highest BCUT2D eigenvalue weighted by Gasteiger charge is 2.20. The number of rotatable bonds is 3. The molecule has 1 saturated heterocycles. The van der Waals surface area contributed by atoms with Gasteiger partial charge in [-0.1, -0.05) is 11.6 Å².